The number of nitrogens with one attached hydrogen (secondary N) is 2. The molecular formula is C17H20N4O4S. The van der Waals surface area contributed by atoms with Crippen molar-refractivity contribution in [3.8, 4) is 11.5 Å². The molecule has 1 aromatic heterocycles. The highest BCUT2D eigenvalue weighted by molar-refractivity contribution is 7.13. The zero-order valence-corrected chi connectivity index (χ0v) is 15.6. The van der Waals surface area contributed by atoms with Crippen LogP contribution in [-0.4, -0.2) is 43.7 Å². The average molecular weight is 376 g/mol. The highest BCUT2D eigenvalue weighted by atomic mass is 32.1. The summed E-state index contributed by atoms with van der Waals surface area (Å²) in [5.41, 5.74) is 1.55. The van der Waals surface area contributed by atoms with E-state index >= 15 is 0 Å². The Morgan fingerprint density at radius 2 is 2.08 bits per heavy atom. The smallest absolute Gasteiger partial charge is 0.321 e. The SMILES string of the molecule is COc1ccc(N2C[C@H](NC(=O)Nc3nc(C)cs3)CC2=O)cc1OC. The van der Waals surface area contributed by atoms with Gasteiger partial charge in [0.1, 0.15) is 0 Å². The van der Waals surface area contributed by atoms with Crippen LogP contribution in [0.2, 0.25) is 0 Å². The largest absolute Gasteiger partial charge is 0.493 e. The van der Waals surface area contributed by atoms with E-state index in [2.05, 4.69) is 15.6 Å². The molecule has 0 spiro atoms. The molecule has 1 atom stereocenters. The molecule has 9 heteroatoms. The fourth-order valence-electron chi connectivity index (χ4n) is 2.78. The predicted molar refractivity (Wildman–Crippen MR) is 99.3 cm³/mol. The first-order valence-corrected chi connectivity index (χ1v) is 8.90. The van der Waals surface area contributed by atoms with E-state index in [1.807, 2.05) is 12.3 Å². The normalized spacial score (nSPS) is 16.5. The first-order chi connectivity index (χ1) is 12.5. The molecule has 138 valence electrons. The minimum Gasteiger partial charge on any atom is -0.493 e. The Kier molecular flexibility index (Phi) is 5.27. The van der Waals surface area contributed by atoms with E-state index in [9.17, 15) is 9.59 Å². The zero-order chi connectivity index (χ0) is 18.7. The first-order valence-electron chi connectivity index (χ1n) is 8.02. The van der Waals surface area contributed by atoms with Gasteiger partial charge in [0.05, 0.1) is 26.0 Å². The minimum absolute atomic E-state index is 0.0624. The highest BCUT2D eigenvalue weighted by Gasteiger charge is 2.32. The topological polar surface area (TPSA) is 92.8 Å². The molecule has 1 aliphatic heterocycles. The minimum atomic E-state index is -0.369. The van der Waals surface area contributed by atoms with Gasteiger partial charge in [0, 0.05) is 30.1 Å². The maximum absolute atomic E-state index is 12.4. The van der Waals surface area contributed by atoms with Crippen molar-refractivity contribution in [2.45, 2.75) is 19.4 Å². The number of methoxy groups -OCH3 is 2. The summed E-state index contributed by atoms with van der Waals surface area (Å²) in [4.78, 5) is 30.3. The monoisotopic (exact) mass is 376 g/mol. The van der Waals surface area contributed by atoms with E-state index in [0.29, 0.717) is 28.9 Å². The number of rotatable bonds is 5. The molecule has 2 N–H and O–H groups in total. The van der Waals surface area contributed by atoms with Crippen LogP contribution in [-0.2, 0) is 4.79 Å². The standard InChI is InChI=1S/C17H20N4O4S/c1-10-9-26-17(18-10)20-16(23)19-11-6-15(22)21(8-11)12-4-5-13(24-2)14(7-12)25-3/h4-5,7,9,11H,6,8H2,1-3H3,(H2,18,19,20,23)/t11-/m1/s1. The number of hydrogen-bond acceptors (Lipinski definition) is 6. The quantitative estimate of drug-likeness (QED) is 0.836. The van der Waals surface area contributed by atoms with Gasteiger partial charge in [-0.1, -0.05) is 0 Å². The molecule has 3 rings (SSSR count). The van der Waals surface area contributed by atoms with Crippen LogP contribution in [0, 0.1) is 6.92 Å². The average Bonchev–Trinajstić information content (AvgIpc) is 3.19. The van der Waals surface area contributed by atoms with E-state index in [1.54, 1.807) is 37.3 Å². The van der Waals surface area contributed by atoms with Crippen LogP contribution < -0.4 is 25.0 Å². The number of nitrogens with zero attached hydrogens (tertiary/aromatic N) is 2. The van der Waals surface area contributed by atoms with Gasteiger partial charge in [-0.3, -0.25) is 10.1 Å². The number of carbonyl (C=O) groups is 2. The Morgan fingerprint density at radius 1 is 1.31 bits per heavy atom. The van der Waals surface area contributed by atoms with Crippen molar-refractivity contribution in [3.05, 3.63) is 29.3 Å². The summed E-state index contributed by atoms with van der Waals surface area (Å²) in [6.07, 6.45) is 0.235. The van der Waals surface area contributed by atoms with Crippen LogP contribution in [0.5, 0.6) is 11.5 Å². The third-order valence-corrected chi connectivity index (χ3v) is 4.85. The third-order valence-electron chi connectivity index (χ3n) is 3.98. The summed E-state index contributed by atoms with van der Waals surface area (Å²) in [5, 5.41) is 7.88. The van der Waals surface area contributed by atoms with E-state index < -0.39 is 0 Å². The molecule has 3 amide bonds. The maximum Gasteiger partial charge on any atom is 0.321 e. The summed E-state index contributed by atoms with van der Waals surface area (Å²) in [7, 11) is 3.10. The number of amides is 3. The second-order valence-electron chi connectivity index (χ2n) is 5.84. The number of benzene rings is 1. The lowest BCUT2D eigenvalue weighted by Gasteiger charge is -2.19. The Morgan fingerprint density at radius 3 is 2.73 bits per heavy atom. The Bertz CT molecular complexity index is 823. The van der Waals surface area contributed by atoms with E-state index in [4.69, 9.17) is 9.47 Å². The molecule has 1 aromatic carbocycles. The zero-order valence-electron chi connectivity index (χ0n) is 14.7. The fourth-order valence-corrected chi connectivity index (χ4v) is 3.46. The first kappa shape index (κ1) is 18.0. The van der Waals surface area contributed by atoms with Gasteiger partial charge in [0.2, 0.25) is 5.91 Å². The molecule has 0 aliphatic carbocycles. The van der Waals surface area contributed by atoms with Crippen LogP contribution in [0.3, 0.4) is 0 Å². The number of aromatic nitrogens is 1. The number of anilines is 2. The number of ether oxygens (including phenoxy) is 2. The summed E-state index contributed by atoms with van der Waals surface area (Å²) in [5.74, 6) is 1.08. The molecule has 1 fully saturated rings. The van der Waals surface area contributed by atoms with Crippen LogP contribution in [0.4, 0.5) is 15.6 Å². The van der Waals surface area contributed by atoms with Crippen LogP contribution >= 0.6 is 11.3 Å². The lowest BCUT2D eigenvalue weighted by Crippen LogP contribution is -2.39. The molecule has 0 radical (unpaired) electrons. The van der Waals surface area contributed by atoms with Gasteiger partial charge in [-0.05, 0) is 19.1 Å². The van der Waals surface area contributed by atoms with Crippen molar-refractivity contribution < 1.29 is 19.1 Å². The van der Waals surface area contributed by atoms with Crippen molar-refractivity contribution in [1.82, 2.24) is 10.3 Å². The molecule has 0 saturated carbocycles. The van der Waals surface area contributed by atoms with E-state index in [0.717, 1.165) is 5.69 Å². The maximum atomic E-state index is 12.4. The number of carbonyl (C=O) groups excluding carboxylic acids is 2. The molecule has 8 nitrogen and oxygen atoms in total. The second-order valence-corrected chi connectivity index (χ2v) is 6.70. The molecular weight excluding hydrogens is 356 g/mol. The molecule has 26 heavy (non-hydrogen) atoms. The van der Waals surface area contributed by atoms with Crippen molar-refractivity contribution in [1.29, 1.82) is 0 Å². The van der Waals surface area contributed by atoms with Gasteiger partial charge in [0.15, 0.2) is 16.6 Å². The van der Waals surface area contributed by atoms with Crippen molar-refractivity contribution in [2.24, 2.45) is 0 Å². The van der Waals surface area contributed by atoms with Gasteiger partial charge >= 0.3 is 6.03 Å². The Labute approximate surface area is 155 Å². The molecule has 0 bridgehead atoms. The number of thiazole rings is 1. The van der Waals surface area contributed by atoms with Gasteiger partial charge in [0.25, 0.3) is 0 Å². The molecule has 1 saturated heterocycles. The Balaban J connectivity index is 1.64. The summed E-state index contributed by atoms with van der Waals surface area (Å²) in [6, 6.07) is 4.64. The van der Waals surface area contributed by atoms with Crippen LogP contribution in [0.1, 0.15) is 12.1 Å². The van der Waals surface area contributed by atoms with Gasteiger partial charge < -0.3 is 19.7 Å². The van der Waals surface area contributed by atoms with Gasteiger partial charge in [-0.2, -0.15) is 0 Å². The summed E-state index contributed by atoms with van der Waals surface area (Å²) >= 11 is 1.36. The van der Waals surface area contributed by atoms with Crippen molar-refractivity contribution in [2.75, 3.05) is 31.0 Å². The number of hydrogen-bond donors (Lipinski definition) is 2. The lowest BCUT2D eigenvalue weighted by molar-refractivity contribution is -0.117. The molecule has 2 aromatic rings. The number of aryl methyl sites for hydroxylation is 1. The van der Waals surface area contributed by atoms with Gasteiger partial charge in [-0.25, -0.2) is 9.78 Å². The number of urea groups is 1. The van der Waals surface area contributed by atoms with Gasteiger partial charge in [-0.15, -0.1) is 11.3 Å². The predicted octanol–water partition coefficient (Wildman–Crippen LogP) is 2.40. The second kappa shape index (κ2) is 7.61. The van der Waals surface area contributed by atoms with E-state index in [-0.39, 0.29) is 24.4 Å². The molecule has 2 heterocycles. The van der Waals surface area contributed by atoms with Crippen molar-refractivity contribution in [3.63, 3.8) is 0 Å². The van der Waals surface area contributed by atoms with E-state index in [1.165, 1.54) is 11.3 Å². The van der Waals surface area contributed by atoms with Crippen LogP contribution in [0.15, 0.2) is 23.6 Å². The lowest BCUT2D eigenvalue weighted by atomic mass is 10.2. The van der Waals surface area contributed by atoms with Crippen molar-refractivity contribution >= 4 is 34.1 Å². The Hall–Kier alpha value is -2.81. The molecule has 1 aliphatic rings. The highest BCUT2D eigenvalue weighted by Crippen LogP contribution is 2.33. The van der Waals surface area contributed by atoms with Crippen LogP contribution in [0.25, 0.3) is 0 Å². The summed E-state index contributed by atoms with van der Waals surface area (Å²) in [6.45, 7) is 2.24. The fraction of sp³-hybridized carbons (Fsp3) is 0.353. The summed E-state index contributed by atoms with van der Waals surface area (Å²) < 4.78 is 10.5. The molecule has 0 unspecified atom stereocenters. The third kappa shape index (κ3) is 3.88.